The van der Waals surface area contributed by atoms with Gasteiger partial charge >= 0.3 is 0 Å². The molecule has 1 rings (SSSR count). The molecule has 0 bridgehead atoms. The predicted molar refractivity (Wildman–Crippen MR) is 84.6 cm³/mol. The van der Waals surface area contributed by atoms with E-state index in [1.807, 2.05) is 18.2 Å². The summed E-state index contributed by atoms with van der Waals surface area (Å²) in [6.07, 6.45) is 9.80. The molecule has 0 saturated carbocycles. The molecule has 0 aromatic heterocycles. The smallest absolute Gasteiger partial charge is 0.131 e. The second-order valence-corrected chi connectivity index (χ2v) is 5.20. The van der Waals surface area contributed by atoms with Crippen LogP contribution in [0.1, 0.15) is 65.2 Å². The zero-order valence-electron chi connectivity index (χ0n) is 13.1. The summed E-state index contributed by atoms with van der Waals surface area (Å²) < 4.78 is 11.4. The van der Waals surface area contributed by atoms with Gasteiger partial charge in [-0.15, -0.1) is 0 Å². The average molecular weight is 277 g/mol. The number of benzene rings is 1. The molecule has 0 spiro atoms. The minimum absolute atomic E-state index is 0.774. The average Bonchev–Trinajstić information content (AvgIpc) is 2.47. The predicted octanol–water partition coefficient (Wildman–Crippen LogP) is 5.40. The van der Waals surface area contributed by atoms with Crippen LogP contribution in [-0.2, 0) is 0 Å². The topological polar surface area (TPSA) is 18.5 Å². The zero-order chi connectivity index (χ0) is 14.5. The Kier molecular flexibility index (Phi) is 9.81. The SMILES string of the molecule is CCCCCCOc1[c]c(OCCCCCC)ccc1. The molecule has 20 heavy (non-hydrogen) atoms. The molecule has 1 aromatic rings. The molecule has 2 nitrogen and oxygen atoms in total. The van der Waals surface area contributed by atoms with E-state index in [0.29, 0.717) is 0 Å². The van der Waals surface area contributed by atoms with Gasteiger partial charge in [-0.25, -0.2) is 0 Å². The fourth-order valence-corrected chi connectivity index (χ4v) is 2.02. The maximum Gasteiger partial charge on any atom is 0.131 e. The largest absolute Gasteiger partial charge is 0.493 e. The maximum absolute atomic E-state index is 5.70. The third-order valence-corrected chi connectivity index (χ3v) is 3.25. The van der Waals surface area contributed by atoms with Crippen LogP contribution in [0.25, 0.3) is 0 Å². The minimum Gasteiger partial charge on any atom is -0.493 e. The van der Waals surface area contributed by atoms with E-state index >= 15 is 0 Å². The Bertz CT molecular complexity index is 307. The summed E-state index contributed by atoms with van der Waals surface area (Å²) in [5.74, 6) is 1.60. The van der Waals surface area contributed by atoms with Crippen molar-refractivity contribution < 1.29 is 9.47 Å². The van der Waals surface area contributed by atoms with Gasteiger partial charge in [-0.2, -0.15) is 0 Å². The van der Waals surface area contributed by atoms with E-state index < -0.39 is 0 Å². The standard InChI is InChI=1S/C18H29O2/c1-3-5-7-9-14-19-17-12-11-13-18(16-17)20-15-10-8-6-4-2/h11-13H,3-10,14-15H2,1-2H3. The number of hydrogen-bond acceptors (Lipinski definition) is 2. The van der Waals surface area contributed by atoms with Crippen molar-refractivity contribution in [3.8, 4) is 11.5 Å². The lowest BCUT2D eigenvalue weighted by Gasteiger charge is -2.09. The molecule has 0 aliphatic heterocycles. The van der Waals surface area contributed by atoms with Crippen LogP contribution in [-0.4, -0.2) is 13.2 Å². The molecular weight excluding hydrogens is 248 g/mol. The molecule has 2 heteroatoms. The molecule has 0 N–H and O–H groups in total. The van der Waals surface area contributed by atoms with Crippen LogP contribution in [0.5, 0.6) is 11.5 Å². The third-order valence-electron chi connectivity index (χ3n) is 3.25. The second kappa shape index (κ2) is 11.6. The van der Waals surface area contributed by atoms with Crippen molar-refractivity contribution >= 4 is 0 Å². The molecule has 0 fully saturated rings. The molecule has 1 aromatic carbocycles. The van der Waals surface area contributed by atoms with Crippen molar-refractivity contribution in [2.24, 2.45) is 0 Å². The Balaban J connectivity index is 2.19. The van der Waals surface area contributed by atoms with Crippen LogP contribution in [0.15, 0.2) is 18.2 Å². The van der Waals surface area contributed by atoms with Crippen molar-refractivity contribution in [3.63, 3.8) is 0 Å². The van der Waals surface area contributed by atoms with Crippen molar-refractivity contribution in [3.05, 3.63) is 24.3 Å². The quantitative estimate of drug-likeness (QED) is 0.476. The summed E-state index contributed by atoms with van der Waals surface area (Å²) >= 11 is 0. The van der Waals surface area contributed by atoms with Crippen molar-refractivity contribution in [2.75, 3.05) is 13.2 Å². The van der Waals surface area contributed by atoms with Gasteiger partial charge < -0.3 is 9.47 Å². The highest BCUT2D eigenvalue weighted by Gasteiger charge is 1.99. The van der Waals surface area contributed by atoms with Gasteiger partial charge in [-0.3, -0.25) is 0 Å². The zero-order valence-corrected chi connectivity index (χ0v) is 13.1. The monoisotopic (exact) mass is 277 g/mol. The first-order chi connectivity index (χ1) is 9.86. The van der Waals surface area contributed by atoms with Crippen LogP contribution < -0.4 is 9.47 Å². The molecule has 0 atom stereocenters. The number of hydrogen-bond donors (Lipinski definition) is 0. The summed E-state index contributed by atoms with van der Waals surface area (Å²) in [6.45, 7) is 5.98. The highest BCUT2D eigenvalue weighted by Crippen LogP contribution is 2.19. The van der Waals surface area contributed by atoms with E-state index in [0.717, 1.165) is 37.6 Å². The van der Waals surface area contributed by atoms with E-state index in [4.69, 9.17) is 9.47 Å². The Hall–Kier alpha value is -1.18. The van der Waals surface area contributed by atoms with Crippen molar-refractivity contribution in [1.82, 2.24) is 0 Å². The van der Waals surface area contributed by atoms with Gasteiger partial charge in [0.2, 0.25) is 0 Å². The van der Waals surface area contributed by atoms with Gasteiger partial charge in [-0.05, 0) is 25.0 Å². The highest BCUT2D eigenvalue weighted by atomic mass is 16.5. The van der Waals surface area contributed by atoms with Gasteiger partial charge in [0.15, 0.2) is 0 Å². The first-order valence-corrected chi connectivity index (χ1v) is 8.14. The summed E-state index contributed by atoms with van der Waals surface area (Å²) in [5, 5.41) is 0. The van der Waals surface area contributed by atoms with Crippen LogP contribution in [0.3, 0.4) is 0 Å². The van der Waals surface area contributed by atoms with Gasteiger partial charge in [0.25, 0.3) is 0 Å². The van der Waals surface area contributed by atoms with Crippen molar-refractivity contribution in [2.45, 2.75) is 65.2 Å². The lowest BCUT2D eigenvalue weighted by Crippen LogP contribution is -2.00. The second-order valence-electron chi connectivity index (χ2n) is 5.20. The summed E-state index contributed by atoms with van der Waals surface area (Å²) in [4.78, 5) is 0. The maximum atomic E-state index is 5.70. The molecule has 0 saturated heterocycles. The minimum atomic E-state index is 0.774. The fraction of sp³-hybridized carbons (Fsp3) is 0.667. The fourth-order valence-electron chi connectivity index (χ4n) is 2.02. The Morgan fingerprint density at radius 1 is 0.750 bits per heavy atom. The van der Waals surface area contributed by atoms with E-state index in [-0.39, 0.29) is 0 Å². The molecule has 0 aliphatic rings. The molecule has 113 valence electrons. The molecular formula is C18H29O2. The molecule has 0 amide bonds. The van der Waals surface area contributed by atoms with Gasteiger partial charge in [-0.1, -0.05) is 58.4 Å². The van der Waals surface area contributed by atoms with Crippen LogP contribution >= 0.6 is 0 Å². The summed E-state index contributed by atoms with van der Waals surface area (Å²) in [6, 6.07) is 9.05. The Labute approximate surface area is 124 Å². The number of rotatable bonds is 12. The lowest BCUT2D eigenvalue weighted by molar-refractivity contribution is 0.289. The van der Waals surface area contributed by atoms with Gasteiger partial charge in [0.05, 0.1) is 19.3 Å². The van der Waals surface area contributed by atoms with E-state index in [9.17, 15) is 0 Å². The Morgan fingerprint density at radius 3 is 1.70 bits per heavy atom. The number of ether oxygens (including phenoxy) is 2. The normalized spacial score (nSPS) is 10.5. The molecule has 1 radical (unpaired) electrons. The van der Waals surface area contributed by atoms with E-state index in [1.165, 1.54) is 38.5 Å². The van der Waals surface area contributed by atoms with Crippen LogP contribution in [0.2, 0.25) is 0 Å². The van der Waals surface area contributed by atoms with Crippen LogP contribution in [0, 0.1) is 6.07 Å². The summed E-state index contributed by atoms with van der Waals surface area (Å²) in [5.41, 5.74) is 0. The first-order valence-electron chi connectivity index (χ1n) is 8.14. The third kappa shape index (κ3) is 8.08. The summed E-state index contributed by atoms with van der Waals surface area (Å²) in [7, 11) is 0. The molecule has 0 aliphatic carbocycles. The highest BCUT2D eigenvalue weighted by molar-refractivity contribution is 5.31. The lowest BCUT2D eigenvalue weighted by atomic mass is 10.2. The molecule has 0 heterocycles. The van der Waals surface area contributed by atoms with E-state index in [1.54, 1.807) is 0 Å². The van der Waals surface area contributed by atoms with Crippen molar-refractivity contribution in [1.29, 1.82) is 0 Å². The Morgan fingerprint density at radius 2 is 1.25 bits per heavy atom. The first kappa shape index (κ1) is 16.9. The number of unbranched alkanes of at least 4 members (excludes halogenated alkanes) is 6. The van der Waals surface area contributed by atoms with Gasteiger partial charge in [0.1, 0.15) is 11.5 Å². The van der Waals surface area contributed by atoms with E-state index in [2.05, 4.69) is 19.9 Å². The van der Waals surface area contributed by atoms with Gasteiger partial charge in [0, 0.05) is 0 Å². The molecule has 0 unspecified atom stereocenters. The van der Waals surface area contributed by atoms with Crippen LogP contribution in [0.4, 0.5) is 0 Å².